The molecule has 0 unspecified atom stereocenters. The van der Waals surface area contributed by atoms with Crippen LogP contribution in [0.5, 0.6) is 0 Å². The summed E-state index contributed by atoms with van der Waals surface area (Å²) in [5.74, 6) is 0. The zero-order chi connectivity index (χ0) is 11.3. The number of halogens is 1. The molecule has 0 saturated carbocycles. The lowest BCUT2D eigenvalue weighted by Crippen LogP contribution is -2.36. The van der Waals surface area contributed by atoms with E-state index in [-0.39, 0.29) is 5.04 Å². The van der Waals surface area contributed by atoms with Gasteiger partial charge in [-0.05, 0) is 38.8 Å². The SMILES string of the molecule is CC1=C(C)C(C)([Si](C)(C)Cl)C(C)=C1C. The number of allylic oxidation sites excluding steroid dienone is 4. The lowest BCUT2D eigenvalue weighted by atomic mass is 9.98. The molecule has 1 aliphatic carbocycles. The zero-order valence-electron chi connectivity index (χ0n) is 10.4. The average Bonchev–Trinajstić information content (AvgIpc) is 2.21. The van der Waals surface area contributed by atoms with Crippen molar-refractivity contribution in [3.05, 3.63) is 22.3 Å². The van der Waals surface area contributed by atoms with Gasteiger partial charge in [0.2, 0.25) is 0 Å². The van der Waals surface area contributed by atoms with Gasteiger partial charge in [-0.2, -0.15) is 11.1 Å². The quantitative estimate of drug-likeness (QED) is 0.444. The van der Waals surface area contributed by atoms with Gasteiger partial charge in [0.05, 0.1) is 0 Å². The maximum atomic E-state index is 6.67. The van der Waals surface area contributed by atoms with Crippen LogP contribution in [0.4, 0.5) is 0 Å². The van der Waals surface area contributed by atoms with Crippen LogP contribution in [-0.2, 0) is 0 Å². The second kappa shape index (κ2) is 3.24. The molecule has 14 heavy (non-hydrogen) atoms. The Bertz CT molecular complexity index is 305. The maximum Gasteiger partial charge on any atom is 0.164 e. The Morgan fingerprint density at radius 2 is 1.21 bits per heavy atom. The lowest BCUT2D eigenvalue weighted by Gasteiger charge is -2.38. The molecule has 80 valence electrons. The third-order valence-electron chi connectivity index (χ3n) is 4.38. The zero-order valence-corrected chi connectivity index (χ0v) is 12.1. The molecule has 0 aromatic heterocycles. The van der Waals surface area contributed by atoms with Crippen molar-refractivity contribution in [1.82, 2.24) is 0 Å². The van der Waals surface area contributed by atoms with E-state index in [1.807, 2.05) is 0 Å². The second-order valence-electron chi connectivity index (χ2n) is 5.10. The molecule has 0 atom stereocenters. The molecule has 0 saturated heterocycles. The van der Waals surface area contributed by atoms with E-state index in [0.717, 1.165) is 0 Å². The standard InChI is InChI=1S/C12H21ClSi/c1-8-9(2)11(4)12(5,10(8)3)14(6,7)13/h1-7H3. The molecule has 0 heterocycles. The Hall–Kier alpha value is -0.0131. The Morgan fingerprint density at radius 3 is 1.36 bits per heavy atom. The molecule has 2 heteroatoms. The molecule has 0 aromatic rings. The summed E-state index contributed by atoms with van der Waals surface area (Å²) in [6.07, 6.45) is 0. The monoisotopic (exact) mass is 228 g/mol. The molecule has 0 amide bonds. The minimum atomic E-state index is -1.70. The summed E-state index contributed by atoms with van der Waals surface area (Å²) in [5, 5.41) is 0.155. The number of rotatable bonds is 1. The Kier molecular flexibility index (Phi) is 2.79. The predicted molar refractivity (Wildman–Crippen MR) is 68.5 cm³/mol. The molecule has 0 aromatic carbocycles. The van der Waals surface area contributed by atoms with Crippen molar-refractivity contribution in [2.45, 2.75) is 52.8 Å². The third-order valence-corrected chi connectivity index (χ3v) is 8.64. The van der Waals surface area contributed by atoms with Crippen molar-refractivity contribution in [3.63, 3.8) is 0 Å². The van der Waals surface area contributed by atoms with Gasteiger partial charge >= 0.3 is 0 Å². The third kappa shape index (κ3) is 1.33. The molecule has 0 fully saturated rings. The van der Waals surface area contributed by atoms with Gasteiger partial charge < -0.3 is 0 Å². The molecule has 1 aliphatic rings. The van der Waals surface area contributed by atoms with Gasteiger partial charge in [0, 0.05) is 5.04 Å². The van der Waals surface area contributed by atoms with Crippen LogP contribution in [0.3, 0.4) is 0 Å². The fourth-order valence-corrected chi connectivity index (χ4v) is 5.49. The van der Waals surface area contributed by atoms with Gasteiger partial charge in [0.1, 0.15) is 0 Å². The van der Waals surface area contributed by atoms with Crippen molar-refractivity contribution >= 4 is 18.5 Å². The number of hydrogen-bond acceptors (Lipinski definition) is 0. The van der Waals surface area contributed by atoms with Crippen LogP contribution in [0.25, 0.3) is 0 Å². The second-order valence-corrected chi connectivity index (χ2v) is 11.9. The van der Waals surface area contributed by atoms with Gasteiger partial charge in [-0.1, -0.05) is 31.2 Å². The minimum absolute atomic E-state index is 0.155. The average molecular weight is 229 g/mol. The summed E-state index contributed by atoms with van der Waals surface area (Å²) >= 11 is 6.67. The van der Waals surface area contributed by atoms with E-state index in [0.29, 0.717) is 0 Å². The molecular weight excluding hydrogens is 208 g/mol. The van der Waals surface area contributed by atoms with E-state index in [9.17, 15) is 0 Å². The van der Waals surface area contributed by atoms with Gasteiger partial charge in [-0.15, -0.1) is 0 Å². The summed E-state index contributed by atoms with van der Waals surface area (Å²) in [5.41, 5.74) is 5.87. The van der Waals surface area contributed by atoms with Crippen molar-refractivity contribution in [1.29, 1.82) is 0 Å². The number of hydrogen-bond donors (Lipinski definition) is 0. The smallest absolute Gasteiger partial charge is 0.164 e. The molecule has 0 nitrogen and oxygen atoms in total. The highest BCUT2D eigenvalue weighted by atomic mass is 35.6. The molecule has 1 rings (SSSR count). The summed E-state index contributed by atoms with van der Waals surface area (Å²) in [7, 11) is -1.70. The molecule has 0 N–H and O–H groups in total. The topological polar surface area (TPSA) is 0 Å². The molecule has 0 bridgehead atoms. The molecule has 0 radical (unpaired) electrons. The highest BCUT2D eigenvalue weighted by molar-refractivity contribution is 7.21. The van der Waals surface area contributed by atoms with E-state index >= 15 is 0 Å². The fraction of sp³-hybridized carbons (Fsp3) is 0.667. The first kappa shape index (κ1) is 12.1. The van der Waals surface area contributed by atoms with Crippen LogP contribution in [0.2, 0.25) is 18.1 Å². The maximum absolute atomic E-state index is 6.67. The Balaban J connectivity index is 3.42. The van der Waals surface area contributed by atoms with Crippen molar-refractivity contribution < 1.29 is 0 Å². The molecular formula is C12H21ClSi. The Labute approximate surface area is 93.8 Å². The van der Waals surface area contributed by atoms with Crippen LogP contribution < -0.4 is 0 Å². The first-order chi connectivity index (χ1) is 6.14. The van der Waals surface area contributed by atoms with Crippen LogP contribution >= 0.6 is 11.1 Å². The Morgan fingerprint density at radius 1 is 0.929 bits per heavy atom. The molecule has 0 aliphatic heterocycles. The first-order valence-corrected chi connectivity index (χ1v) is 9.20. The summed E-state index contributed by atoms with van der Waals surface area (Å²) < 4.78 is 0. The fourth-order valence-electron chi connectivity index (χ4n) is 2.49. The van der Waals surface area contributed by atoms with E-state index in [2.05, 4.69) is 47.7 Å². The highest BCUT2D eigenvalue weighted by Crippen LogP contribution is 2.58. The van der Waals surface area contributed by atoms with Crippen LogP contribution in [0.15, 0.2) is 22.3 Å². The minimum Gasteiger partial charge on any atom is -0.166 e. The van der Waals surface area contributed by atoms with E-state index < -0.39 is 7.38 Å². The summed E-state index contributed by atoms with van der Waals surface area (Å²) in [6, 6.07) is 0. The normalized spacial score (nSPS) is 22.3. The van der Waals surface area contributed by atoms with Crippen LogP contribution in [0.1, 0.15) is 34.6 Å². The van der Waals surface area contributed by atoms with E-state index in [1.165, 1.54) is 22.3 Å². The van der Waals surface area contributed by atoms with Crippen LogP contribution in [-0.4, -0.2) is 7.38 Å². The summed E-state index contributed by atoms with van der Waals surface area (Å²) in [6.45, 7) is 15.7. The van der Waals surface area contributed by atoms with E-state index in [1.54, 1.807) is 0 Å². The first-order valence-electron chi connectivity index (χ1n) is 5.19. The predicted octanol–water partition coefficient (Wildman–Crippen LogP) is 4.88. The van der Waals surface area contributed by atoms with Gasteiger partial charge in [-0.3, -0.25) is 0 Å². The van der Waals surface area contributed by atoms with Gasteiger partial charge in [0.25, 0.3) is 0 Å². The van der Waals surface area contributed by atoms with Crippen LogP contribution in [0, 0.1) is 0 Å². The van der Waals surface area contributed by atoms with Crippen molar-refractivity contribution in [3.8, 4) is 0 Å². The van der Waals surface area contributed by atoms with Crippen molar-refractivity contribution in [2.24, 2.45) is 0 Å². The largest absolute Gasteiger partial charge is 0.166 e. The van der Waals surface area contributed by atoms with E-state index in [4.69, 9.17) is 11.1 Å². The summed E-state index contributed by atoms with van der Waals surface area (Å²) in [4.78, 5) is 0. The highest BCUT2D eigenvalue weighted by Gasteiger charge is 2.48. The molecule has 0 spiro atoms. The van der Waals surface area contributed by atoms with Crippen molar-refractivity contribution in [2.75, 3.05) is 0 Å². The lowest BCUT2D eigenvalue weighted by molar-refractivity contribution is 0.809. The van der Waals surface area contributed by atoms with Gasteiger partial charge in [0.15, 0.2) is 7.38 Å². The van der Waals surface area contributed by atoms with Gasteiger partial charge in [-0.25, -0.2) is 0 Å².